The maximum atomic E-state index is 12.2. The Morgan fingerprint density at radius 1 is 1.26 bits per heavy atom. The van der Waals surface area contributed by atoms with Crippen LogP contribution in [0.2, 0.25) is 0 Å². The highest BCUT2D eigenvalue weighted by molar-refractivity contribution is 5.80. The summed E-state index contributed by atoms with van der Waals surface area (Å²) in [6.45, 7) is 1.81. The molecule has 3 nitrogen and oxygen atoms in total. The Labute approximate surface area is 109 Å². The van der Waals surface area contributed by atoms with Crippen LogP contribution in [0, 0.1) is 0 Å². The zero-order valence-corrected chi connectivity index (χ0v) is 10.7. The summed E-state index contributed by atoms with van der Waals surface area (Å²) in [7, 11) is 0. The molecule has 0 aliphatic heterocycles. The smallest absolute Gasteiger partial charge is 0.401 e. The van der Waals surface area contributed by atoms with Crippen LogP contribution in [0.1, 0.15) is 25.0 Å². The van der Waals surface area contributed by atoms with Gasteiger partial charge in [-0.25, -0.2) is 4.79 Å². The molecule has 19 heavy (non-hydrogen) atoms. The van der Waals surface area contributed by atoms with Gasteiger partial charge in [-0.05, 0) is 24.5 Å². The third-order valence-corrected chi connectivity index (χ3v) is 3.01. The fourth-order valence-corrected chi connectivity index (χ4v) is 1.65. The molecule has 1 rings (SSSR count). The molecule has 0 saturated heterocycles. The number of hydrogen-bond donors (Lipinski definition) is 2. The molecule has 0 aliphatic rings. The van der Waals surface area contributed by atoms with Crippen molar-refractivity contribution in [3.8, 4) is 0 Å². The van der Waals surface area contributed by atoms with E-state index in [1.54, 1.807) is 12.1 Å². The van der Waals surface area contributed by atoms with E-state index >= 15 is 0 Å². The molecule has 6 heteroatoms. The van der Waals surface area contributed by atoms with E-state index in [4.69, 9.17) is 0 Å². The molecule has 0 fully saturated rings. The van der Waals surface area contributed by atoms with Crippen molar-refractivity contribution >= 4 is 5.97 Å². The number of aliphatic carboxylic acids is 1. The van der Waals surface area contributed by atoms with Crippen molar-refractivity contribution in [2.45, 2.75) is 32.0 Å². The predicted molar refractivity (Wildman–Crippen MR) is 64.9 cm³/mol. The summed E-state index contributed by atoms with van der Waals surface area (Å²) in [5.41, 5.74) is -0.476. The molecule has 1 aromatic rings. The molecule has 106 valence electrons. The average molecular weight is 275 g/mol. The Kier molecular flexibility index (Phi) is 4.57. The van der Waals surface area contributed by atoms with Gasteiger partial charge in [-0.1, -0.05) is 31.2 Å². The summed E-state index contributed by atoms with van der Waals surface area (Å²) in [4.78, 5) is 11.3. The number of carboxylic acid groups (broad SMARTS) is 1. The van der Waals surface area contributed by atoms with Crippen molar-refractivity contribution in [2.75, 3.05) is 6.54 Å². The lowest BCUT2D eigenvalue weighted by atomic mass is 9.91. The molecule has 0 aliphatic carbocycles. The number of alkyl halides is 3. The second-order valence-electron chi connectivity index (χ2n) is 4.45. The van der Waals surface area contributed by atoms with Crippen molar-refractivity contribution in [3.63, 3.8) is 0 Å². The predicted octanol–water partition coefficient (Wildman–Crippen LogP) is 2.70. The first kappa shape index (κ1) is 15.5. The normalized spacial score (nSPS) is 15.0. The zero-order valence-electron chi connectivity index (χ0n) is 10.7. The van der Waals surface area contributed by atoms with Gasteiger partial charge < -0.3 is 5.11 Å². The van der Waals surface area contributed by atoms with E-state index < -0.39 is 24.2 Å². The summed E-state index contributed by atoms with van der Waals surface area (Å²) in [6, 6.07) is 6.50. The first-order valence-electron chi connectivity index (χ1n) is 5.83. The molecule has 0 bridgehead atoms. The second-order valence-corrected chi connectivity index (χ2v) is 4.45. The molecule has 1 unspecified atom stereocenters. The van der Waals surface area contributed by atoms with Crippen LogP contribution in [0.5, 0.6) is 0 Å². The quantitative estimate of drug-likeness (QED) is 0.868. The van der Waals surface area contributed by atoms with Crippen molar-refractivity contribution in [1.29, 1.82) is 0 Å². The molecule has 0 heterocycles. The lowest BCUT2D eigenvalue weighted by Gasteiger charge is -2.27. The van der Waals surface area contributed by atoms with Gasteiger partial charge >= 0.3 is 12.1 Å². The van der Waals surface area contributed by atoms with Crippen LogP contribution in [-0.2, 0) is 16.8 Å². The van der Waals surface area contributed by atoms with E-state index in [2.05, 4.69) is 5.32 Å². The molecular formula is C13H16F3NO2. The Bertz CT molecular complexity index is 442. The SMILES string of the molecule is CCc1ccc(C(C)(NCC(F)(F)F)C(=O)O)cc1. The summed E-state index contributed by atoms with van der Waals surface area (Å²) in [5.74, 6) is -1.35. The molecule has 0 radical (unpaired) electrons. The topological polar surface area (TPSA) is 49.3 Å². The number of carboxylic acids is 1. The van der Waals surface area contributed by atoms with E-state index in [0.29, 0.717) is 5.56 Å². The Balaban J connectivity index is 3.00. The number of aryl methyl sites for hydroxylation is 1. The Morgan fingerprint density at radius 2 is 1.79 bits per heavy atom. The van der Waals surface area contributed by atoms with Gasteiger partial charge in [0.1, 0.15) is 5.54 Å². The lowest BCUT2D eigenvalue weighted by Crippen LogP contribution is -2.50. The standard InChI is InChI=1S/C13H16F3NO2/c1-3-9-4-6-10(7-5-9)12(2,11(18)19)17-8-13(14,15)16/h4-7,17H,3,8H2,1-2H3,(H,18,19). The first-order chi connectivity index (χ1) is 8.69. The first-order valence-corrected chi connectivity index (χ1v) is 5.83. The Morgan fingerprint density at radius 3 is 2.16 bits per heavy atom. The van der Waals surface area contributed by atoms with Crippen LogP contribution >= 0.6 is 0 Å². The largest absolute Gasteiger partial charge is 0.480 e. The monoisotopic (exact) mass is 275 g/mol. The van der Waals surface area contributed by atoms with Crippen molar-refractivity contribution < 1.29 is 23.1 Å². The lowest BCUT2D eigenvalue weighted by molar-refractivity contribution is -0.150. The van der Waals surface area contributed by atoms with E-state index in [1.165, 1.54) is 19.1 Å². The van der Waals surface area contributed by atoms with Gasteiger partial charge in [0.25, 0.3) is 0 Å². The molecule has 0 aromatic heterocycles. The van der Waals surface area contributed by atoms with E-state index in [0.717, 1.165) is 12.0 Å². The van der Waals surface area contributed by atoms with Crippen LogP contribution in [0.25, 0.3) is 0 Å². The number of rotatable bonds is 5. The maximum absolute atomic E-state index is 12.2. The number of halogens is 3. The molecule has 1 atom stereocenters. The summed E-state index contributed by atoms with van der Waals surface area (Å²) < 4.78 is 36.7. The summed E-state index contributed by atoms with van der Waals surface area (Å²) in [5, 5.41) is 11.2. The summed E-state index contributed by atoms with van der Waals surface area (Å²) >= 11 is 0. The number of carbonyl (C=O) groups is 1. The fourth-order valence-electron chi connectivity index (χ4n) is 1.65. The van der Waals surface area contributed by atoms with E-state index in [1.807, 2.05) is 6.92 Å². The van der Waals surface area contributed by atoms with Crippen LogP contribution in [-0.4, -0.2) is 23.8 Å². The minimum absolute atomic E-state index is 0.293. The van der Waals surface area contributed by atoms with Crippen molar-refractivity contribution in [2.24, 2.45) is 0 Å². The van der Waals surface area contributed by atoms with Crippen molar-refractivity contribution in [3.05, 3.63) is 35.4 Å². The molecule has 2 N–H and O–H groups in total. The third-order valence-electron chi connectivity index (χ3n) is 3.01. The number of benzene rings is 1. The molecule has 0 saturated carbocycles. The van der Waals surface area contributed by atoms with Gasteiger partial charge in [0.15, 0.2) is 0 Å². The summed E-state index contributed by atoms with van der Waals surface area (Å²) in [6.07, 6.45) is -3.68. The van der Waals surface area contributed by atoms with Gasteiger partial charge in [-0.2, -0.15) is 13.2 Å². The maximum Gasteiger partial charge on any atom is 0.401 e. The minimum atomic E-state index is -4.46. The number of nitrogens with one attached hydrogen (secondary N) is 1. The van der Waals surface area contributed by atoms with Crippen molar-refractivity contribution in [1.82, 2.24) is 5.32 Å². The minimum Gasteiger partial charge on any atom is -0.480 e. The van der Waals surface area contributed by atoms with Crippen LogP contribution in [0.3, 0.4) is 0 Å². The van der Waals surface area contributed by atoms with Gasteiger partial charge in [0.05, 0.1) is 6.54 Å². The van der Waals surface area contributed by atoms with Gasteiger partial charge in [0.2, 0.25) is 0 Å². The molecule has 1 aromatic carbocycles. The van der Waals surface area contributed by atoms with Crippen LogP contribution < -0.4 is 5.32 Å². The highest BCUT2D eigenvalue weighted by Gasteiger charge is 2.39. The average Bonchev–Trinajstić information content (AvgIpc) is 2.35. The zero-order chi connectivity index (χ0) is 14.7. The van der Waals surface area contributed by atoms with Gasteiger partial charge in [0, 0.05) is 0 Å². The van der Waals surface area contributed by atoms with Crippen LogP contribution in [0.15, 0.2) is 24.3 Å². The highest BCUT2D eigenvalue weighted by atomic mass is 19.4. The van der Waals surface area contributed by atoms with E-state index in [9.17, 15) is 23.1 Å². The van der Waals surface area contributed by atoms with Gasteiger partial charge in [-0.3, -0.25) is 5.32 Å². The highest BCUT2D eigenvalue weighted by Crippen LogP contribution is 2.24. The molecule has 0 spiro atoms. The Hall–Kier alpha value is -1.56. The second kappa shape index (κ2) is 5.61. The third kappa shape index (κ3) is 3.96. The number of hydrogen-bond acceptors (Lipinski definition) is 2. The van der Waals surface area contributed by atoms with Gasteiger partial charge in [-0.15, -0.1) is 0 Å². The van der Waals surface area contributed by atoms with Crippen LogP contribution in [0.4, 0.5) is 13.2 Å². The van der Waals surface area contributed by atoms with E-state index in [-0.39, 0.29) is 0 Å². The fraction of sp³-hybridized carbons (Fsp3) is 0.462. The molecule has 0 amide bonds. The molecular weight excluding hydrogens is 259 g/mol.